The predicted octanol–water partition coefficient (Wildman–Crippen LogP) is 1.92. The van der Waals surface area contributed by atoms with Crippen molar-refractivity contribution in [1.29, 1.82) is 0 Å². The number of rotatable bonds is 11. The zero-order valence-corrected chi connectivity index (χ0v) is 16.1. The van der Waals surface area contributed by atoms with Gasteiger partial charge in [-0.3, -0.25) is 0 Å². The topological polar surface area (TPSA) is 57.2 Å². The van der Waals surface area contributed by atoms with Gasteiger partial charge in [0.1, 0.15) is 10.1 Å². The fraction of sp³-hybridized carbons (Fsp3) is 1.00. The van der Waals surface area contributed by atoms with E-state index in [0.717, 1.165) is 0 Å². The van der Waals surface area contributed by atoms with E-state index in [0.29, 0.717) is 0 Å². The van der Waals surface area contributed by atoms with Crippen LogP contribution in [0.5, 0.6) is 0 Å². The summed E-state index contributed by atoms with van der Waals surface area (Å²) in [7, 11) is -7.44. The molecule has 23 heteroatoms. The maximum absolute atomic E-state index is 13.4. The van der Waals surface area contributed by atoms with Crippen LogP contribution in [0.2, 0.25) is 0 Å². The monoisotopic (exact) mass is 566 g/mol. The number of alkyl halides is 18. The molecule has 0 bridgehead atoms. The van der Waals surface area contributed by atoms with Crippen molar-refractivity contribution in [3.8, 4) is 0 Å². The summed E-state index contributed by atoms with van der Waals surface area (Å²) in [6.07, 6.45) is -20.8. The van der Waals surface area contributed by atoms with E-state index in [2.05, 4.69) is 0 Å². The van der Waals surface area contributed by atoms with Crippen LogP contribution >= 0.6 is 0 Å². The molecule has 0 spiro atoms. The van der Waals surface area contributed by atoms with E-state index in [4.69, 9.17) is 0 Å². The standard InChI is InChI=1S/C11H6F18O3S.Li/c12-1(2(13)4(15)16)3(14)6(18,19)8(22,23)10(26,27)11(28,29)9(24,25)7(20,21)5(17)33(30,31)32;/h1-5H,(H,30,31,32);/q;+1/p-1. The Bertz CT molecular complexity index is 801. The van der Waals surface area contributed by atoms with Gasteiger partial charge in [0.2, 0.25) is 6.17 Å². The second-order valence-corrected chi connectivity index (χ2v) is 7.38. The van der Waals surface area contributed by atoms with Crippen LogP contribution in [-0.2, 0) is 10.1 Å². The minimum atomic E-state index is -8.70. The van der Waals surface area contributed by atoms with E-state index < -0.39 is 76.1 Å². The molecule has 0 radical (unpaired) electrons. The Balaban J connectivity index is 0. The second kappa shape index (κ2) is 9.95. The van der Waals surface area contributed by atoms with Crippen LogP contribution in [0.1, 0.15) is 0 Å². The third-order valence-electron chi connectivity index (χ3n) is 3.73. The summed E-state index contributed by atoms with van der Waals surface area (Å²) < 4.78 is 264. The summed E-state index contributed by atoms with van der Waals surface area (Å²) in [5.41, 5.74) is -6.07. The van der Waals surface area contributed by atoms with Crippen molar-refractivity contribution >= 4 is 10.1 Å². The van der Waals surface area contributed by atoms with Gasteiger partial charge in [0.25, 0.3) is 11.9 Å². The molecule has 0 saturated heterocycles. The summed E-state index contributed by atoms with van der Waals surface area (Å²) in [6.45, 7) is 0. The molecule has 0 aliphatic carbocycles. The fourth-order valence-electron chi connectivity index (χ4n) is 1.81. The van der Waals surface area contributed by atoms with Gasteiger partial charge in [0.15, 0.2) is 12.3 Å². The Labute approximate surface area is 187 Å². The van der Waals surface area contributed by atoms with Crippen LogP contribution in [0.3, 0.4) is 0 Å². The number of halogens is 18. The SMILES string of the molecule is O=S(=O)([O-])C(F)C(F)(F)C(F)(F)C(F)(F)C(F)(F)C(F)(F)C(F)(F)C(F)C(F)C(F)C(F)F.[Li+]. The first-order chi connectivity index (χ1) is 14.1. The molecule has 0 fully saturated rings. The van der Waals surface area contributed by atoms with E-state index in [1.54, 1.807) is 0 Å². The second-order valence-electron chi connectivity index (χ2n) is 5.98. The van der Waals surface area contributed by atoms with Gasteiger partial charge in [-0.1, -0.05) is 0 Å². The molecule has 200 valence electrons. The van der Waals surface area contributed by atoms with E-state index in [-0.39, 0.29) is 18.9 Å². The van der Waals surface area contributed by atoms with Crippen LogP contribution in [-0.4, -0.2) is 78.9 Å². The fourth-order valence-corrected chi connectivity index (χ4v) is 2.32. The molecular weight excluding hydrogens is 561 g/mol. The van der Waals surface area contributed by atoms with Crippen molar-refractivity contribution in [1.82, 2.24) is 0 Å². The molecule has 34 heavy (non-hydrogen) atoms. The van der Waals surface area contributed by atoms with Crippen molar-refractivity contribution in [3.63, 3.8) is 0 Å². The average Bonchev–Trinajstić information content (AvgIpc) is 2.63. The minimum Gasteiger partial charge on any atom is -0.746 e. The Morgan fingerprint density at radius 3 is 1.09 bits per heavy atom. The van der Waals surface area contributed by atoms with Crippen molar-refractivity contribution < 1.29 is 111 Å². The Morgan fingerprint density at radius 1 is 0.529 bits per heavy atom. The third-order valence-corrected chi connectivity index (χ3v) is 4.53. The van der Waals surface area contributed by atoms with Gasteiger partial charge < -0.3 is 4.55 Å². The molecule has 0 rings (SSSR count). The molecule has 0 N–H and O–H groups in total. The van der Waals surface area contributed by atoms with E-state index in [1.165, 1.54) is 0 Å². The maximum atomic E-state index is 13.4. The van der Waals surface area contributed by atoms with Crippen LogP contribution in [0, 0.1) is 0 Å². The summed E-state index contributed by atoms with van der Waals surface area (Å²) in [4.78, 5) is 0. The van der Waals surface area contributed by atoms with Gasteiger partial charge in [0.05, 0.1) is 0 Å². The minimum absolute atomic E-state index is 0. The smallest absolute Gasteiger partial charge is 0.746 e. The molecule has 3 nitrogen and oxygen atoms in total. The van der Waals surface area contributed by atoms with Crippen LogP contribution in [0.15, 0.2) is 0 Å². The number of hydrogen-bond acceptors (Lipinski definition) is 3. The largest absolute Gasteiger partial charge is 1.00 e. The van der Waals surface area contributed by atoms with Crippen molar-refractivity contribution in [2.24, 2.45) is 0 Å². The van der Waals surface area contributed by atoms with Gasteiger partial charge in [0, 0.05) is 0 Å². The van der Waals surface area contributed by atoms with Gasteiger partial charge >= 0.3 is 54.4 Å². The first-order valence-corrected chi connectivity index (χ1v) is 8.61. The van der Waals surface area contributed by atoms with Gasteiger partial charge in [-0.15, -0.1) is 0 Å². The first-order valence-electron chi connectivity index (χ1n) is 7.14. The molecule has 0 saturated carbocycles. The van der Waals surface area contributed by atoms with Gasteiger partial charge in [-0.2, -0.15) is 52.7 Å². The zero-order valence-electron chi connectivity index (χ0n) is 15.3. The summed E-state index contributed by atoms with van der Waals surface area (Å²) >= 11 is 0. The molecule has 0 amide bonds. The summed E-state index contributed by atoms with van der Waals surface area (Å²) in [5, 5.41) is 0. The van der Waals surface area contributed by atoms with E-state index in [9.17, 15) is 92.0 Å². The summed E-state index contributed by atoms with van der Waals surface area (Å²) in [5.74, 6) is -50.0. The Kier molecular flexibility index (Phi) is 10.4. The first kappa shape index (κ1) is 35.4. The quantitative estimate of drug-likeness (QED) is 0.219. The van der Waals surface area contributed by atoms with Crippen molar-refractivity contribution in [2.45, 2.75) is 66.0 Å². The third kappa shape index (κ3) is 5.19. The molecule has 0 aromatic heterocycles. The molecule has 4 atom stereocenters. The number of hydrogen-bond donors (Lipinski definition) is 0. The van der Waals surface area contributed by atoms with Crippen molar-refractivity contribution in [3.05, 3.63) is 0 Å². The maximum Gasteiger partial charge on any atom is 1.00 e. The van der Waals surface area contributed by atoms with E-state index >= 15 is 0 Å². The van der Waals surface area contributed by atoms with E-state index in [1.807, 2.05) is 0 Å². The molecule has 4 unspecified atom stereocenters. The average molecular weight is 566 g/mol. The summed E-state index contributed by atoms with van der Waals surface area (Å²) in [6, 6.07) is 0. The molecule has 0 aromatic carbocycles. The van der Waals surface area contributed by atoms with Crippen molar-refractivity contribution in [2.75, 3.05) is 0 Å². The van der Waals surface area contributed by atoms with Crippen LogP contribution in [0.4, 0.5) is 79.0 Å². The van der Waals surface area contributed by atoms with Crippen LogP contribution < -0.4 is 18.9 Å². The normalized spacial score (nSPS) is 18.8. The molecule has 0 heterocycles. The Hall–Kier alpha value is -0.753. The molecule has 0 aliphatic rings. The van der Waals surface area contributed by atoms with Gasteiger partial charge in [-0.05, 0) is 0 Å². The molecule has 0 aromatic rings. The Morgan fingerprint density at radius 2 is 0.824 bits per heavy atom. The predicted molar refractivity (Wildman–Crippen MR) is 65.0 cm³/mol. The van der Waals surface area contributed by atoms with Crippen LogP contribution in [0.25, 0.3) is 0 Å². The zero-order chi connectivity index (χ0) is 27.4. The molecular formula is C11H5F18LiO3S. The molecule has 0 aliphatic heterocycles. The van der Waals surface area contributed by atoms with Gasteiger partial charge in [-0.25, -0.2) is 34.8 Å².